The van der Waals surface area contributed by atoms with Crippen molar-refractivity contribution in [1.29, 1.82) is 0 Å². The van der Waals surface area contributed by atoms with Crippen molar-refractivity contribution in [3.8, 4) is 0 Å². The van der Waals surface area contributed by atoms with Gasteiger partial charge >= 0.3 is 5.97 Å². The smallest absolute Gasteiger partial charge is 0.336 e. The molecule has 0 unspecified atom stereocenters. The Morgan fingerprint density at radius 1 is 1.41 bits per heavy atom. The number of carboxylic acid groups (broad SMARTS) is 1. The lowest BCUT2D eigenvalue weighted by Gasteiger charge is -2.30. The zero-order chi connectivity index (χ0) is 12.3. The van der Waals surface area contributed by atoms with Gasteiger partial charge in [-0.1, -0.05) is 24.6 Å². The first-order valence-electron chi connectivity index (χ1n) is 6.16. The van der Waals surface area contributed by atoms with E-state index in [1.165, 1.54) is 19.3 Å². The first-order valence-corrected chi connectivity index (χ1v) is 6.16. The maximum Gasteiger partial charge on any atom is 0.336 e. The zero-order valence-electron chi connectivity index (χ0n) is 10.2. The molecule has 0 bridgehead atoms. The first-order chi connectivity index (χ1) is 8.16. The molecule has 1 saturated carbocycles. The third kappa shape index (κ3) is 3.07. The summed E-state index contributed by atoms with van der Waals surface area (Å²) >= 11 is 0. The standard InChI is InChI=1S/C14H19NO2/c1-15(9-11-5-4-6-11)10-12-7-2-3-8-13(12)14(16)17/h2-3,7-8,11H,4-6,9-10H2,1H3,(H,16,17). The van der Waals surface area contributed by atoms with Crippen molar-refractivity contribution in [2.45, 2.75) is 25.8 Å². The number of carbonyl (C=O) groups is 1. The number of benzene rings is 1. The quantitative estimate of drug-likeness (QED) is 0.850. The second-order valence-corrected chi connectivity index (χ2v) is 4.96. The highest BCUT2D eigenvalue weighted by Crippen LogP contribution is 2.27. The molecule has 0 atom stereocenters. The third-order valence-corrected chi connectivity index (χ3v) is 3.48. The summed E-state index contributed by atoms with van der Waals surface area (Å²) in [6.07, 6.45) is 4.00. The van der Waals surface area contributed by atoms with Crippen molar-refractivity contribution in [3.05, 3.63) is 35.4 Å². The summed E-state index contributed by atoms with van der Waals surface area (Å²) in [5.74, 6) is -0.0189. The zero-order valence-corrected chi connectivity index (χ0v) is 10.2. The summed E-state index contributed by atoms with van der Waals surface area (Å²) in [4.78, 5) is 13.3. The highest BCUT2D eigenvalue weighted by molar-refractivity contribution is 5.89. The SMILES string of the molecule is CN(Cc1ccccc1C(=O)O)CC1CCC1. The maximum absolute atomic E-state index is 11.1. The van der Waals surface area contributed by atoms with Crippen LogP contribution in [0.15, 0.2) is 24.3 Å². The molecule has 1 fully saturated rings. The van der Waals surface area contributed by atoms with Gasteiger partial charge in [-0.2, -0.15) is 0 Å². The minimum absolute atomic E-state index is 0.424. The molecule has 0 aromatic heterocycles. The molecule has 0 amide bonds. The number of carboxylic acids is 1. The van der Waals surface area contributed by atoms with Crippen LogP contribution in [0.3, 0.4) is 0 Å². The number of hydrogen-bond acceptors (Lipinski definition) is 2. The molecule has 1 aromatic carbocycles. The van der Waals surface area contributed by atoms with Crippen LogP contribution in [0.2, 0.25) is 0 Å². The van der Waals surface area contributed by atoms with Gasteiger partial charge in [0.25, 0.3) is 0 Å². The van der Waals surface area contributed by atoms with Crippen LogP contribution in [0.25, 0.3) is 0 Å². The Bertz CT molecular complexity index is 399. The van der Waals surface area contributed by atoms with E-state index in [9.17, 15) is 4.79 Å². The average Bonchev–Trinajstić information content (AvgIpc) is 2.24. The minimum atomic E-state index is -0.836. The maximum atomic E-state index is 11.1. The summed E-state index contributed by atoms with van der Waals surface area (Å²) < 4.78 is 0. The van der Waals surface area contributed by atoms with Crippen LogP contribution in [0.1, 0.15) is 35.2 Å². The number of rotatable bonds is 5. The van der Waals surface area contributed by atoms with Crippen molar-refractivity contribution in [3.63, 3.8) is 0 Å². The Labute approximate surface area is 102 Å². The Morgan fingerprint density at radius 3 is 2.71 bits per heavy atom. The molecule has 3 nitrogen and oxygen atoms in total. The number of hydrogen-bond donors (Lipinski definition) is 1. The van der Waals surface area contributed by atoms with Crippen molar-refractivity contribution in [2.24, 2.45) is 5.92 Å². The molecular weight excluding hydrogens is 214 g/mol. The van der Waals surface area contributed by atoms with Crippen molar-refractivity contribution in [2.75, 3.05) is 13.6 Å². The summed E-state index contributed by atoms with van der Waals surface area (Å²) in [5, 5.41) is 9.10. The van der Waals surface area contributed by atoms with E-state index in [0.717, 1.165) is 24.6 Å². The van der Waals surface area contributed by atoms with Crippen LogP contribution in [0.5, 0.6) is 0 Å². The summed E-state index contributed by atoms with van der Waals surface area (Å²) in [5.41, 5.74) is 1.33. The molecule has 0 saturated heterocycles. The minimum Gasteiger partial charge on any atom is -0.478 e. The molecule has 17 heavy (non-hydrogen) atoms. The molecule has 1 aromatic rings. The molecule has 0 radical (unpaired) electrons. The molecule has 0 spiro atoms. The van der Waals surface area contributed by atoms with Gasteiger partial charge in [0.15, 0.2) is 0 Å². The number of aromatic carboxylic acids is 1. The van der Waals surface area contributed by atoms with Crippen LogP contribution in [-0.4, -0.2) is 29.6 Å². The van der Waals surface area contributed by atoms with Crippen molar-refractivity contribution >= 4 is 5.97 Å². The van der Waals surface area contributed by atoms with E-state index in [1.54, 1.807) is 12.1 Å². The van der Waals surface area contributed by atoms with Crippen LogP contribution in [0.4, 0.5) is 0 Å². The van der Waals surface area contributed by atoms with Gasteiger partial charge < -0.3 is 10.0 Å². The average molecular weight is 233 g/mol. The highest BCUT2D eigenvalue weighted by Gasteiger charge is 2.19. The predicted molar refractivity (Wildman–Crippen MR) is 67.1 cm³/mol. The van der Waals surface area contributed by atoms with Crippen molar-refractivity contribution in [1.82, 2.24) is 4.90 Å². The lowest BCUT2D eigenvalue weighted by atomic mass is 9.85. The molecule has 1 N–H and O–H groups in total. The summed E-state index contributed by atoms with van der Waals surface area (Å²) in [7, 11) is 2.07. The Morgan fingerprint density at radius 2 is 2.12 bits per heavy atom. The molecule has 0 aliphatic heterocycles. The van der Waals surface area contributed by atoms with Gasteiger partial charge in [0, 0.05) is 13.1 Å². The van der Waals surface area contributed by atoms with Crippen LogP contribution >= 0.6 is 0 Å². The third-order valence-electron chi connectivity index (χ3n) is 3.48. The first kappa shape index (κ1) is 12.1. The van der Waals surface area contributed by atoms with E-state index < -0.39 is 5.97 Å². The van der Waals surface area contributed by atoms with Crippen LogP contribution in [-0.2, 0) is 6.54 Å². The van der Waals surface area contributed by atoms with Crippen molar-refractivity contribution < 1.29 is 9.90 Å². The fraction of sp³-hybridized carbons (Fsp3) is 0.500. The topological polar surface area (TPSA) is 40.5 Å². The fourth-order valence-electron chi connectivity index (χ4n) is 2.34. The van der Waals surface area contributed by atoms with Gasteiger partial charge in [-0.05, 0) is 37.4 Å². The monoisotopic (exact) mass is 233 g/mol. The van der Waals surface area contributed by atoms with Gasteiger partial charge in [0.1, 0.15) is 0 Å². The molecule has 3 heteroatoms. The van der Waals surface area contributed by atoms with E-state index in [1.807, 2.05) is 12.1 Å². The van der Waals surface area contributed by atoms with Gasteiger partial charge in [0.2, 0.25) is 0 Å². The summed E-state index contributed by atoms with van der Waals surface area (Å²) in [6, 6.07) is 7.26. The van der Waals surface area contributed by atoms with Gasteiger partial charge in [-0.15, -0.1) is 0 Å². The fourth-order valence-corrected chi connectivity index (χ4v) is 2.34. The molecule has 92 valence electrons. The van der Waals surface area contributed by atoms with Crippen LogP contribution < -0.4 is 0 Å². The van der Waals surface area contributed by atoms with E-state index >= 15 is 0 Å². The van der Waals surface area contributed by atoms with E-state index in [0.29, 0.717) is 5.56 Å². The Balaban J connectivity index is 1.99. The Kier molecular flexibility index (Phi) is 3.79. The lowest BCUT2D eigenvalue weighted by Crippen LogP contribution is -2.29. The lowest BCUT2D eigenvalue weighted by molar-refractivity contribution is 0.0694. The molecule has 1 aliphatic carbocycles. The molecule has 1 aliphatic rings. The molecule has 2 rings (SSSR count). The molecule has 0 heterocycles. The van der Waals surface area contributed by atoms with Gasteiger partial charge in [0.05, 0.1) is 5.56 Å². The largest absolute Gasteiger partial charge is 0.478 e. The summed E-state index contributed by atoms with van der Waals surface area (Å²) in [6.45, 7) is 1.80. The highest BCUT2D eigenvalue weighted by atomic mass is 16.4. The van der Waals surface area contributed by atoms with Crippen LogP contribution in [0, 0.1) is 5.92 Å². The van der Waals surface area contributed by atoms with E-state index in [-0.39, 0.29) is 0 Å². The van der Waals surface area contributed by atoms with Gasteiger partial charge in [-0.25, -0.2) is 4.79 Å². The molecular formula is C14H19NO2. The second kappa shape index (κ2) is 5.32. The second-order valence-electron chi connectivity index (χ2n) is 4.96. The predicted octanol–water partition coefficient (Wildman–Crippen LogP) is 2.62. The number of nitrogens with zero attached hydrogens (tertiary/aromatic N) is 1. The van der Waals surface area contributed by atoms with E-state index in [2.05, 4.69) is 11.9 Å². The normalized spacial score (nSPS) is 15.9. The van der Waals surface area contributed by atoms with Gasteiger partial charge in [-0.3, -0.25) is 0 Å². The van der Waals surface area contributed by atoms with E-state index in [4.69, 9.17) is 5.11 Å². The Hall–Kier alpha value is -1.35.